The molecule has 2 unspecified atom stereocenters. The number of aromatic nitrogens is 1. The normalized spacial score (nSPS) is 12.7. The Labute approximate surface area is 252 Å². The van der Waals surface area contributed by atoms with Crippen LogP contribution in [0.4, 0.5) is 0 Å². The highest BCUT2D eigenvalue weighted by Crippen LogP contribution is 2.42. The van der Waals surface area contributed by atoms with E-state index in [0.29, 0.717) is 0 Å². The van der Waals surface area contributed by atoms with Crippen LogP contribution in [0.5, 0.6) is 23.0 Å². The molecular weight excluding hydrogens is 522 g/mol. The molecule has 5 nitrogen and oxygen atoms in total. The molecule has 0 saturated heterocycles. The molecule has 224 valence electrons. The van der Waals surface area contributed by atoms with Crippen molar-refractivity contribution >= 4 is 16.6 Å². The molecule has 4 rings (SSSR count). The van der Waals surface area contributed by atoms with Gasteiger partial charge in [0.1, 0.15) is 17.3 Å². The molecule has 0 bridgehead atoms. The standard InChI is InChI=1S/C20H32O3.C17H15NO/c1-12(2)18(21)14(4)13(3)16-10-15(20(5,6)7)11-17(22-8)19(16)23-9;1-2-13-7-8-17(16-6-4-3-5-15(13)16)19-14-9-11-18-12-10-14/h10-14H,1-9H3;3-12H,2H2,1H3. The van der Waals surface area contributed by atoms with Gasteiger partial charge in [-0.15, -0.1) is 0 Å². The number of aryl methyl sites for hydroxylation is 1. The summed E-state index contributed by atoms with van der Waals surface area (Å²) < 4.78 is 17.1. The summed E-state index contributed by atoms with van der Waals surface area (Å²) in [7, 11) is 3.31. The fraction of sp³-hybridized carbons (Fsp3) is 0.405. The smallest absolute Gasteiger partial charge is 0.164 e. The van der Waals surface area contributed by atoms with Crippen molar-refractivity contribution in [2.45, 2.75) is 73.1 Å². The van der Waals surface area contributed by atoms with Crippen molar-refractivity contribution in [3.8, 4) is 23.0 Å². The van der Waals surface area contributed by atoms with Gasteiger partial charge in [-0.25, -0.2) is 0 Å². The Hall–Kier alpha value is -3.86. The molecule has 0 aliphatic heterocycles. The van der Waals surface area contributed by atoms with E-state index in [-0.39, 0.29) is 29.0 Å². The van der Waals surface area contributed by atoms with Gasteiger partial charge in [0.15, 0.2) is 11.5 Å². The summed E-state index contributed by atoms with van der Waals surface area (Å²) in [6.45, 7) is 16.7. The maximum absolute atomic E-state index is 12.4. The van der Waals surface area contributed by atoms with E-state index in [2.05, 4.69) is 69.9 Å². The number of carbonyl (C=O) groups excluding carboxylic acids is 1. The Bertz CT molecular complexity index is 1470. The molecule has 0 aliphatic carbocycles. The zero-order valence-electron chi connectivity index (χ0n) is 26.9. The van der Waals surface area contributed by atoms with Crippen LogP contribution < -0.4 is 14.2 Å². The first-order valence-corrected chi connectivity index (χ1v) is 14.8. The number of hydrogen-bond acceptors (Lipinski definition) is 5. The molecule has 0 aliphatic rings. The minimum absolute atomic E-state index is 0.000678. The lowest BCUT2D eigenvalue weighted by Crippen LogP contribution is -2.23. The summed E-state index contributed by atoms with van der Waals surface area (Å²) >= 11 is 0. The summed E-state index contributed by atoms with van der Waals surface area (Å²) in [4.78, 5) is 16.4. The minimum atomic E-state index is -0.0659. The monoisotopic (exact) mass is 569 g/mol. The van der Waals surface area contributed by atoms with Crippen LogP contribution in [0, 0.1) is 11.8 Å². The first-order valence-electron chi connectivity index (χ1n) is 14.8. The molecule has 3 aromatic carbocycles. The second kappa shape index (κ2) is 14.4. The molecule has 2 atom stereocenters. The van der Waals surface area contributed by atoms with Gasteiger partial charge in [-0.05, 0) is 58.5 Å². The third-order valence-corrected chi connectivity index (χ3v) is 7.86. The Morgan fingerprint density at radius 3 is 2.02 bits per heavy atom. The molecule has 1 heterocycles. The van der Waals surface area contributed by atoms with Crippen LogP contribution >= 0.6 is 0 Å². The lowest BCUT2D eigenvalue weighted by molar-refractivity contribution is -0.125. The number of hydrogen-bond donors (Lipinski definition) is 0. The predicted molar refractivity (Wildman–Crippen MR) is 173 cm³/mol. The van der Waals surface area contributed by atoms with Gasteiger partial charge in [0, 0.05) is 35.2 Å². The number of rotatable bonds is 9. The minimum Gasteiger partial charge on any atom is -0.493 e. The fourth-order valence-corrected chi connectivity index (χ4v) is 5.07. The van der Waals surface area contributed by atoms with Crippen molar-refractivity contribution in [1.29, 1.82) is 0 Å². The van der Waals surface area contributed by atoms with E-state index < -0.39 is 0 Å². The number of pyridine rings is 1. The van der Waals surface area contributed by atoms with Gasteiger partial charge in [-0.2, -0.15) is 0 Å². The average molecular weight is 570 g/mol. The van der Waals surface area contributed by atoms with E-state index in [1.54, 1.807) is 26.6 Å². The third-order valence-electron chi connectivity index (χ3n) is 7.86. The average Bonchev–Trinajstić information content (AvgIpc) is 2.99. The summed E-state index contributed by atoms with van der Waals surface area (Å²) in [5.74, 6) is 3.47. The van der Waals surface area contributed by atoms with E-state index in [1.807, 2.05) is 51.1 Å². The quantitative estimate of drug-likeness (QED) is 0.201. The Kier molecular flexibility index (Phi) is 11.2. The number of nitrogens with zero attached hydrogens (tertiary/aromatic N) is 1. The molecule has 0 amide bonds. The van der Waals surface area contributed by atoms with Gasteiger partial charge in [0.05, 0.1) is 14.2 Å². The molecule has 5 heteroatoms. The third kappa shape index (κ3) is 7.70. The molecule has 0 spiro atoms. The highest BCUT2D eigenvalue weighted by Gasteiger charge is 2.29. The van der Waals surface area contributed by atoms with Gasteiger partial charge in [0.25, 0.3) is 0 Å². The second-order valence-electron chi connectivity index (χ2n) is 12.1. The van der Waals surface area contributed by atoms with Crippen LogP contribution in [0.1, 0.15) is 78.0 Å². The van der Waals surface area contributed by atoms with Crippen molar-refractivity contribution < 1.29 is 19.0 Å². The van der Waals surface area contributed by atoms with Crippen molar-refractivity contribution in [2.24, 2.45) is 11.8 Å². The van der Waals surface area contributed by atoms with Crippen molar-refractivity contribution in [3.05, 3.63) is 89.7 Å². The first kappa shape index (κ1) is 32.7. The summed E-state index contributed by atoms with van der Waals surface area (Å²) in [6.07, 6.45) is 4.49. The molecule has 42 heavy (non-hydrogen) atoms. The van der Waals surface area contributed by atoms with Gasteiger partial charge < -0.3 is 14.2 Å². The molecule has 4 aromatic rings. The van der Waals surface area contributed by atoms with Crippen LogP contribution in [-0.4, -0.2) is 25.0 Å². The number of benzene rings is 3. The Morgan fingerprint density at radius 2 is 1.48 bits per heavy atom. The van der Waals surface area contributed by atoms with Gasteiger partial charge in [0.2, 0.25) is 0 Å². The summed E-state index contributed by atoms with van der Waals surface area (Å²) in [6, 6.07) is 20.5. The highest BCUT2D eigenvalue weighted by atomic mass is 16.5. The topological polar surface area (TPSA) is 57.7 Å². The van der Waals surface area contributed by atoms with Crippen molar-refractivity contribution in [2.75, 3.05) is 14.2 Å². The summed E-state index contributed by atoms with van der Waals surface area (Å²) in [5.41, 5.74) is 3.57. The molecule has 1 aromatic heterocycles. The molecule has 0 N–H and O–H groups in total. The van der Waals surface area contributed by atoms with E-state index in [0.717, 1.165) is 40.4 Å². The number of Topliss-reactive ketones (excluding diaryl/α,β-unsaturated/α-hetero) is 1. The number of fused-ring (bicyclic) bond motifs is 1. The zero-order valence-corrected chi connectivity index (χ0v) is 26.9. The van der Waals surface area contributed by atoms with Crippen LogP contribution in [0.15, 0.2) is 73.1 Å². The van der Waals surface area contributed by atoms with Crippen molar-refractivity contribution in [3.63, 3.8) is 0 Å². The zero-order chi connectivity index (χ0) is 31.0. The van der Waals surface area contributed by atoms with E-state index in [9.17, 15) is 4.79 Å². The van der Waals surface area contributed by atoms with E-state index in [4.69, 9.17) is 14.2 Å². The molecule has 0 fully saturated rings. The van der Waals surface area contributed by atoms with Gasteiger partial charge in [-0.1, -0.05) is 91.8 Å². The lowest BCUT2D eigenvalue weighted by Gasteiger charge is -2.27. The first-order chi connectivity index (χ1) is 19.9. The fourth-order valence-electron chi connectivity index (χ4n) is 5.07. The summed E-state index contributed by atoms with van der Waals surface area (Å²) in [5, 5.41) is 2.41. The second-order valence-corrected chi connectivity index (χ2v) is 12.1. The maximum Gasteiger partial charge on any atom is 0.164 e. The largest absolute Gasteiger partial charge is 0.493 e. The Morgan fingerprint density at radius 1 is 0.833 bits per heavy atom. The Balaban J connectivity index is 0.000000234. The number of ether oxygens (including phenoxy) is 3. The van der Waals surface area contributed by atoms with Crippen molar-refractivity contribution in [1.82, 2.24) is 4.98 Å². The number of ketones is 1. The van der Waals surface area contributed by atoms with Crippen LogP contribution in [0.3, 0.4) is 0 Å². The van der Waals surface area contributed by atoms with Crippen LogP contribution in [0.25, 0.3) is 10.8 Å². The number of carbonyl (C=O) groups is 1. The highest BCUT2D eigenvalue weighted by molar-refractivity contribution is 5.91. The van der Waals surface area contributed by atoms with Crippen LogP contribution in [-0.2, 0) is 16.6 Å². The SMILES string of the molecule is CCc1ccc(Oc2ccncc2)c2ccccc12.COc1cc(C(C)(C)C)cc(C(C)C(C)C(=O)C(C)C)c1OC. The molecule has 0 radical (unpaired) electrons. The van der Waals surface area contributed by atoms with Crippen LogP contribution in [0.2, 0.25) is 0 Å². The van der Waals surface area contributed by atoms with E-state index >= 15 is 0 Å². The molecular formula is C37H47NO4. The maximum atomic E-state index is 12.4. The predicted octanol–water partition coefficient (Wildman–Crippen LogP) is 9.56. The number of methoxy groups -OCH3 is 2. The van der Waals surface area contributed by atoms with Gasteiger partial charge >= 0.3 is 0 Å². The lowest BCUT2D eigenvalue weighted by atomic mass is 9.79. The van der Waals surface area contributed by atoms with Gasteiger partial charge in [-0.3, -0.25) is 9.78 Å². The van der Waals surface area contributed by atoms with E-state index in [1.165, 1.54) is 16.5 Å². The molecule has 0 saturated carbocycles.